The van der Waals surface area contributed by atoms with Crippen LogP contribution in [0.4, 0.5) is 0 Å². The lowest BCUT2D eigenvalue weighted by Gasteiger charge is -2.34. The highest BCUT2D eigenvalue weighted by Crippen LogP contribution is 2.26. The number of carbonyl (C=O) groups is 1. The minimum atomic E-state index is -0.354. The summed E-state index contributed by atoms with van der Waals surface area (Å²) in [4.78, 5) is 15.1. The molecule has 3 rings (SSSR count). The fourth-order valence-electron chi connectivity index (χ4n) is 3.12. The van der Waals surface area contributed by atoms with Crippen molar-refractivity contribution >= 4 is 21.7 Å². The molecule has 110 valence electrons. The molecule has 1 aromatic rings. The Bertz CT molecular complexity index is 503. The van der Waals surface area contributed by atoms with Gasteiger partial charge in [0.15, 0.2) is 0 Å². The molecule has 2 aliphatic rings. The topological polar surface area (TPSA) is 47.4 Å². The van der Waals surface area contributed by atoms with E-state index < -0.39 is 0 Å². The minimum absolute atomic E-state index is 0.0492. The molecule has 0 spiro atoms. The highest BCUT2D eigenvalue weighted by atomic mass is 79.9. The van der Waals surface area contributed by atoms with Crippen molar-refractivity contribution in [3.8, 4) is 0 Å². The molecule has 0 bridgehead atoms. The lowest BCUT2D eigenvalue weighted by molar-refractivity contribution is -0.0349. The molecule has 0 radical (unpaired) electrons. The number of aryl methyl sites for hydroxylation is 1. The van der Waals surface area contributed by atoms with Gasteiger partial charge in [-0.05, 0) is 41.7 Å². The number of carbonyl (C=O) groups excluding carboxylic acids is 1. The molecule has 0 aromatic carbocycles. The number of hydrogen-bond donors (Lipinski definition) is 0. The van der Waals surface area contributed by atoms with Gasteiger partial charge in [-0.25, -0.2) is 0 Å². The normalized spacial score (nSPS) is 26.7. The van der Waals surface area contributed by atoms with Gasteiger partial charge in [0.2, 0.25) is 5.78 Å². The van der Waals surface area contributed by atoms with E-state index >= 15 is 0 Å². The molecule has 0 amide bonds. The van der Waals surface area contributed by atoms with Gasteiger partial charge in [0.25, 0.3) is 0 Å². The van der Waals surface area contributed by atoms with Crippen molar-refractivity contribution in [2.24, 2.45) is 0 Å². The third-order valence-corrected chi connectivity index (χ3v) is 4.73. The minimum Gasteiger partial charge on any atom is -0.367 e. The number of nitrogens with zero attached hydrogens (tertiary/aromatic N) is 3. The van der Waals surface area contributed by atoms with Crippen LogP contribution in [0.2, 0.25) is 0 Å². The first-order chi connectivity index (χ1) is 9.70. The number of fused-ring (bicyclic) bond motifs is 1. The van der Waals surface area contributed by atoms with Crippen LogP contribution in [-0.4, -0.2) is 52.3 Å². The summed E-state index contributed by atoms with van der Waals surface area (Å²) in [7, 11) is 0. The van der Waals surface area contributed by atoms with Gasteiger partial charge in [0.1, 0.15) is 11.8 Å². The van der Waals surface area contributed by atoms with Crippen LogP contribution in [0.3, 0.4) is 0 Å². The average molecular weight is 342 g/mol. The Morgan fingerprint density at radius 1 is 1.60 bits per heavy atom. The van der Waals surface area contributed by atoms with E-state index in [0.717, 1.165) is 24.0 Å². The van der Waals surface area contributed by atoms with Crippen molar-refractivity contribution in [2.75, 3.05) is 19.7 Å². The molecule has 2 aliphatic heterocycles. The largest absolute Gasteiger partial charge is 0.367 e. The molecule has 2 fully saturated rings. The zero-order chi connectivity index (χ0) is 14.1. The summed E-state index contributed by atoms with van der Waals surface area (Å²) >= 11 is 3.44. The highest BCUT2D eigenvalue weighted by Gasteiger charge is 2.37. The second-order valence-electron chi connectivity index (χ2n) is 5.54. The first-order valence-electron chi connectivity index (χ1n) is 7.32. The van der Waals surface area contributed by atoms with E-state index in [2.05, 4.69) is 32.9 Å². The number of halogens is 1. The number of ketones is 1. The fourth-order valence-corrected chi connectivity index (χ4v) is 3.61. The molecule has 0 N–H and O–H groups in total. The summed E-state index contributed by atoms with van der Waals surface area (Å²) < 4.78 is 8.36. The van der Waals surface area contributed by atoms with Crippen LogP contribution in [0.1, 0.15) is 36.7 Å². The van der Waals surface area contributed by atoms with Gasteiger partial charge in [-0.2, -0.15) is 5.10 Å². The maximum atomic E-state index is 12.7. The fraction of sp³-hybridized carbons (Fsp3) is 0.714. The third kappa shape index (κ3) is 2.56. The van der Waals surface area contributed by atoms with Crippen molar-refractivity contribution < 1.29 is 9.53 Å². The summed E-state index contributed by atoms with van der Waals surface area (Å²) in [6.07, 6.45) is 4.71. The molecule has 0 saturated carbocycles. The molecule has 0 aliphatic carbocycles. The maximum absolute atomic E-state index is 12.7. The molecular weight excluding hydrogens is 322 g/mol. The van der Waals surface area contributed by atoms with Crippen LogP contribution < -0.4 is 0 Å². The lowest BCUT2D eigenvalue weighted by Crippen LogP contribution is -2.49. The van der Waals surface area contributed by atoms with Crippen LogP contribution in [0.25, 0.3) is 0 Å². The van der Waals surface area contributed by atoms with E-state index in [1.165, 1.54) is 12.8 Å². The van der Waals surface area contributed by atoms with Gasteiger partial charge in [0, 0.05) is 19.1 Å². The Kier molecular flexibility index (Phi) is 4.23. The van der Waals surface area contributed by atoms with Gasteiger partial charge in [-0.3, -0.25) is 14.4 Å². The van der Waals surface area contributed by atoms with E-state index in [0.29, 0.717) is 24.9 Å². The van der Waals surface area contributed by atoms with Crippen molar-refractivity contribution in [2.45, 2.75) is 44.9 Å². The third-order valence-electron chi connectivity index (χ3n) is 4.15. The standard InChI is InChI=1S/C14H20BrN3O2/c1-2-5-18-13(11(15)7-16-18)14(19)12-8-17-6-3-4-10(17)9-20-12/h7,10,12H,2-6,8-9H2,1H3. The zero-order valence-corrected chi connectivity index (χ0v) is 13.3. The predicted molar refractivity (Wildman–Crippen MR) is 78.9 cm³/mol. The van der Waals surface area contributed by atoms with Crippen LogP contribution in [0.15, 0.2) is 10.7 Å². The molecular formula is C14H20BrN3O2. The Labute approximate surface area is 127 Å². The number of aromatic nitrogens is 2. The van der Waals surface area contributed by atoms with E-state index in [1.807, 2.05) is 0 Å². The highest BCUT2D eigenvalue weighted by molar-refractivity contribution is 9.10. The van der Waals surface area contributed by atoms with Crippen LogP contribution in [-0.2, 0) is 11.3 Å². The predicted octanol–water partition coefficient (Wildman–Crippen LogP) is 2.10. The molecule has 2 atom stereocenters. The molecule has 5 nitrogen and oxygen atoms in total. The van der Waals surface area contributed by atoms with Gasteiger partial charge >= 0.3 is 0 Å². The van der Waals surface area contributed by atoms with E-state index in [-0.39, 0.29) is 11.9 Å². The van der Waals surface area contributed by atoms with Crippen molar-refractivity contribution in [3.63, 3.8) is 0 Å². The number of rotatable bonds is 4. The Hall–Kier alpha value is -0.720. The summed E-state index contributed by atoms with van der Waals surface area (Å²) in [6, 6.07) is 0.517. The van der Waals surface area contributed by atoms with Crippen LogP contribution in [0, 0.1) is 0 Å². The van der Waals surface area contributed by atoms with Crippen molar-refractivity contribution in [1.29, 1.82) is 0 Å². The first kappa shape index (κ1) is 14.2. The Balaban J connectivity index is 1.77. The maximum Gasteiger partial charge on any atom is 0.211 e. The smallest absolute Gasteiger partial charge is 0.211 e. The molecule has 6 heteroatoms. The second-order valence-corrected chi connectivity index (χ2v) is 6.40. The van der Waals surface area contributed by atoms with E-state index in [4.69, 9.17) is 4.74 Å². The number of hydrogen-bond acceptors (Lipinski definition) is 4. The van der Waals surface area contributed by atoms with Gasteiger partial charge in [0.05, 0.1) is 17.3 Å². The van der Waals surface area contributed by atoms with E-state index in [1.54, 1.807) is 10.9 Å². The van der Waals surface area contributed by atoms with Crippen LogP contribution in [0.5, 0.6) is 0 Å². The zero-order valence-electron chi connectivity index (χ0n) is 11.7. The van der Waals surface area contributed by atoms with Gasteiger partial charge in [-0.1, -0.05) is 6.92 Å². The van der Waals surface area contributed by atoms with Gasteiger partial charge in [-0.15, -0.1) is 0 Å². The van der Waals surface area contributed by atoms with Crippen molar-refractivity contribution in [3.05, 3.63) is 16.4 Å². The molecule has 1 aromatic heterocycles. The molecule has 20 heavy (non-hydrogen) atoms. The summed E-state index contributed by atoms with van der Waals surface area (Å²) in [5, 5.41) is 4.27. The molecule has 2 saturated heterocycles. The summed E-state index contributed by atoms with van der Waals surface area (Å²) in [5.41, 5.74) is 0.648. The summed E-state index contributed by atoms with van der Waals surface area (Å²) in [6.45, 7) is 5.32. The summed E-state index contributed by atoms with van der Waals surface area (Å²) in [5.74, 6) is 0.0492. The SMILES string of the molecule is CCCn1ncc(Br)c1C(=O)C1CN2CCCC2CO1. The molecule has 3 heterocycles. The Morgan fingerprint density at radius 3 is 3.25 bits per heavy atom. The number of Topliss-reactive ketones (excluding diaryl/α,β-unsaturated/α-hetero) is 1. The second kappa shape index (κ2) is 5.95. The first-order valence-corrected chi connectivity index (χ1v) is 8.11. The lowest BCUT2D eigenvalue weighted by atomic mass is 10.1. The Morgan fingerprint density at radius 2 is 2.45 bits per heavy atom. The average Bonchev–Trinajstić information content (AvgIpc) is 3.04. The number of ether oxygens (including phenoxy) is 1. The monoisotopic (exact) mass is 341 g/mol. The molecule has 2 unspecified atom stereocenters. The van der Waals surface area contributed by atoms with Crippen molar-refractivity contribution in [1.82, 2.24) is 14.7 Å². The van der Waals surface area contributed by atoms with Gasteiger partial charge < -0.3 is 4.74 Å². The quantitative estimate of drug-likeness (QED) is 0.787. The number of morpholine rings is 1. The van der Waals surface area contributed by atoms with E-state index in [9.17, 15) is 4.79 Å². The van der Waals surface area contributed by atoms with Crippen LogP contribution >= 0.6 is 15.9 Å².